The van der Waals surface area contributed by atoms with Crippen LogP contribution in [0, 0.1) is 17.0 Å². The van der Waals surface area contributed by atoms with Gasteiger partial charge in [-0.15, -0.1) is 0 Å². The smallest absolute Gasteiger partial charge is 0.275 e. The van der Waals surface area contributed by atoms with Crippen LogP contribution < -0.4 is 11.1 Å². The number of rotatable bonds is 5. The highest BCUT2D eigenvalue weighted by Gasteiger charge is 2.16. The highest BCUT2D eigenvalue weighted by Crippen LogP contribution is 2.21. The third-order valence-corrected chi connectivity index (χ3v) is 3.10. The molecule has 0 atom stereocenters. The van der Waals surface area contributed by atoms with E-state index in [2.05, 4.69) is 5.32 Å². The predicted octanol–water partition coefficient (Wildman–Crippen LogP) is 2.61. The van der Waals surface area contributed by atoms with E-state index in [1.54, 1.807) is 6.07 Å². The molecule has 0 spiro atoms. The van der Waals surface area contributed by atoms with Gasteiger partial charge in [-0.2, -0.15) is 0 Å². The summed E-state index contributed by atoms with van der Waals surface area (Å²) in [6.07, 6.45) is 0. The molecule has 2 aromatic rings. The number of nitrogens with one attached hydrogen (secondary N) is 1. The molecule has 0 unspecified atom stereocenters. The molecule has 6 heteroatoms. The average molecular weight is 285 g/mol. The minimum atomic E-state index is -0.684. The number of hydrogen-bond donors (Lipinski definition) is 2. The van der Waals surface area contributed by atoms with Crippen LogP contribution in [-0.4, -0.2) is 10.8 Å². The summed E-state index contributed by atoms with van der Waals surface area (Å²) in [7, 11) is 0. The van der Waals surface area contributed by atoms with E-state index in [1.807, 2.05) is 31.2 Å². The van der Waals surface area contributed by atoms with Crippen LogP contribution in [0.2, 0.25) is 0 Å². The van der Waals surface area contributed by atoms with Gasteiger partial charge in [0.05, 0.1) is 4.92 Å². The van der Waals surface area contributed by atoms with Gasteiger partial charge in [0.15, 0.2) is 0 Å². The van der Waals surface area contributed by atoms with Gasteiger partial charge < -0.3 is 11.1 Å². The largest absolute Gasteiger partial charge is 0.381 e. The van der Waals surface area contributed by atoms with Crippen molar-refractivity contribution in [1.82, 2.24) is 0 Å². The maximum Gasteiger partial charge on any atom is 0.275 e. The van der Waals surface area contributed by atoms with Crippen molar-refractivity contribution in [1.29, 1.82) is 0 Å². The zero-order valence-electron chi connectivity index (χ0n) is 11.5. The third kappa shape index (κ3) is 3.56. The van der Waals surface area contributed by atoms with Crippen molar-refractivity contribution >= 4 is 17.3 Å². The molecule has 0 saturated carbocycles. The summed E-state index contributed by atoms with van der Waals surface area (Å²) in [6.45, 7) is 2.27. The normalized spacial score (nSPS) is 10.1. The minimum absolute atomic E-state index is 0.120. The van der Waals surface area contributed by atoms with Gasteiger partial charge in [-0.1, -0.05) is 17.7 Å². The third-order valence-electron chi connectivity index (χ3n) is 3.10. The van der Waals surface area contributed by atoms with Crippen LogP contribution in [0.4, 0.5) is 11.4 Å². The number of aryl methyl sites for hydroxylation is 1. The molecule has 0 aliphatic carbocycles. The van der Waals surface area contributed by atoms with Gasteiger partial charge >= 0.3 is 0 Å². The van der Waals surface area contributed by atoms with Crippen LogP contribution >= 0.6 is 0 Å². The van der Waals surface area contributed by atoms with E-state index in [0.29, 0.717) is 12.1 Å². The van der Waals surface area contributed by atoms with Crippen LogP contribution in [0.15, 0.2) is 42.5 Å². The number of nitro groups is 1. The molecule has 0 aliphatic rings. The van der Waals surface area contributed by atoms with Crippen molar-refractivity contribution in [3.8, 4) is 0 Å². The number of carbonyl (C=O) groups excluding carboxylic acids is 1. The van der Waals surface area contributed by atoms with Gasteiger partial charge in [0.25, 0.3) is 5.69 Å². The van der Waals surface area contributed by atoms with E-state index in [4.69, 9.17) is 5.73 Å². The molecule has 0 fully saturated rings. The molecular formula is C15H15N3O3. The van der Waals surface area contributed by atoms with Gasteiger partial charge in [-0.05, 0) is 31.2 Å². The second kappa shape index (κ2) is 6.04. The first-order valence-electron chi connectivity index (χ1n) is 6.35. The fraction of sp³-hybridized carbons (Fsp3) is 0.133. The van der Waals surface area contributed by atoms with Crippen LogP contribution in [0.3, 0.4) is 0 Å². The summed E-state index contributed by atoms with van der Waals surface area (Å²) < 4.78 is 0. The number of amides is 1. The number of benzene rings is 2. The minimum Gasteiger partial charge on any atom is -0.381 e. The summed E-state index contributed by atoms with van der Waals surface area (Å²) >= 11 is 0. The van der Waals surface area contributed by atoms with Crippen LogP contribution in [0.25, 0.3) is 0 Å². The molecule has 0 radical (unpaired) electrons. The summed E-state index contributed by atoms with van der Waals surface area (Å²) in [5.74, 6) is -0.684. The first-order valence-corrected chi connectivity index (χ1v) is 6.35. The number of anilines is 1. The fourth-order valence-corrected chi connectivity index (χ4v) is 1.91. The van der Waals surface area contributed by atoms with Gasteiger partial charge in [0.2, 0.25) is 5.91 Å². The molecule has 21 heavy (non-hydrogen) atoms. The number of nitrogens with zero attached hydrogens (tertiary/aromatic N) is 1. The standard InChI is InChI=1S/C15H15N3O3/c1-10-2-6-13(7-3-10)17-9-12-5-4-11(15(16)19)8-14(12)18(20)21/h2-8,17H,9H2,1H3,(H2,16,19). The number of primary amides is 1. The average Bonchev–Trinajstić information content (AvgIpc) is 2.46. The molecular weight excluding hydrogens is 270 g/mol. The fourth-order valence-electron chi connectivity index (χ4n) is 1.91. The molecule has 108 valence electrons. The van der Waals surface area contributed by atoms with Crippen LogP contribution in [0.5, 0.6) is 0 Å². The summed E-state index contributed by atoms with van der Waals surface area (Å²) in [6, 6.07) is 11.9. The topological polar surface area (TPSA) is 98.3 Å². The van der Waals surface area contributed by atoms with Crippen molar-refractivity contribution in [3.63, 3.8) is 0 Å². The predicted molar refractivity (Wildman–Crippen MR) is 80.1 cm³/mol. The lowest BCUT2D eigenvalue weighted by molar-refractivity contribution is -0.385. The molecule has 1 amide bonds. The Morgan fingerprint density at radius 2 is 1.90 bits per heavy atom. The van der Waals surface area contributed by atoms with E-state index >= 15 is 0 Å². The maximum atomic E-state index is 11.1. The lowest BCUT2D eigenvalue weighted by Gasteiger charge is -2.08. The van der Waals surface area contributed by atoms with Crippen molar-refractivity contribution in [2.24, 2.45) is 5.73 Å². The lowest BCUT2D eigenvalue weighted by atomic mass is 10.1. The Kier molecular flexibility index (Phi) is 4.18. The van der Waals surface area contributed by atoms with Crippen molar-refractivity contribution in [3.05, 3.63) is 69.3 Å². The van der Waals surface area contributed by atoms with Gasteiger partial charge in [-0.3, -0.25) is 14.9 Å². The van der Waals surface area contributed by atoms with Gasteiger partial charge in [0, 0.05) is 29.4 Å². The van der Waals surface area contributed by atoms with Crippen LogP contribution in [0.1, 0.15) is 21.5 Å². The Bertz CT molecular complexity index is 681. The molecule has 0 saturated heterocycles. The van der Waals surface area contributed by atoms with E-state index in [9.17, 15) is 14.9 Å². The Labute approximate surface area is 121 Å². The SMILES string of the molecule is Cc1ccc(NCc2ccc(C(N)=O)cc2[N+](=O)[O-])cc1. The Balaban J connectivity index is 2.21. The van der Waals surface area contributed by atoms with E-state index in [0.717, 1.165) is 11.3 Å². The number of nitrogens with two attached hydrogens (primary N) is 1. The monoisotopic (exact) mass is 285 g/mol. The van der Waals surface area contributed by atoms with Crippen LogP contribution in [-0.2, 0) is 6.54 Å². The maximum absolute atomic E-state index is 11.1. The highest BCUT2D eigenvalue weighted by molar-refractivity contribution is 5.93. The molecule has 2 aromatic carbocycles. The first kappa shape index (κ1) is 14.5. The second-order valence-corrected chi connectivity index (χ2v) is 4.68. The molecule has 0 heterocycles. The van der Waals surface area contributed by atoms with Crippen molar-refractivity contribution in [2.45, 2.75) is 13.5 Å². The summed E-state index contributed by atoms with van der Waals surface area (Å²) in [5.41, 5.74) is 7.64. The molecule has 6 nitrogen and oxygen atoms in total. The highest BCUT2D eigenvalue weighted by atomic mass is 16.6. The van der Waals surface area contributed by atoms with Crippen molar-refractivity contribution < 1.29 is 9.72 Å². The van der Waals surface area contributed by atoms with E-state index in [1.165, 1.54) is 12.1 Å². The van der Waals surface area contributed by atoms with Gasteiger partial charge in [-0.25, -0.2) is 0 Å². The number of nitro benzene ring substituents is 1. The lowest BCUT2D eigenvalue weighted by Crippen LogP contribution is -2.12. The van der Waals surface area contributed by atoms with E-state index in [-0.39, 0.29) is 11.3 Å². The Hall–Kier alpha value is -2.89. The first-order chi connectivity index (χ1) is 9.97. The molecule has 3 N–H and O–H groups in total. The molecule has 2 rings (SSSR count). The second-order valence-electron chi connectivity index (χ2n) is 4.68. The quantitative estimate of drug-likeness (QED) is 0.651. The zero-order chi connectivity index (χ0) is 15.4. The Morgan fingerprint density at radius 3 is 2.48 bits per heavy atom. The molecule has 0 aliphatic heterocycles. The summed E-state index contributed by atoms with van der Waals surface area (Å²) in [4.78, 5) is 21.6. The van der Waals surface area contributed by atoms with Gasteiger partial charge in [0.1, 0.15) is 0 Å². The molecule has 0 bridgehead atoms. The Morgan fingerprint density at radius 1 is 1.24 bits per heavy atom. The number of carbonyl (C=O) groups is 1. The zero-order valence-corrected chi connectivity index (χ0v) is 11.5. The van der Waals surface area contributed by atoms with E-state index < -0.39 is 10.8 Å². The number of hydrogen-bond acceptors (Lipinski definition) is 4. The molecule has 0 aromatic heterocycles. The van der Waals surface area contributed by atoms with Crippen molar-refractivity contribution in [2.75, 3.05) is 5.32 Å². The summed E-state index contributed by atoms with van der Waals surface area (Å²) in [5, 5.41) is 14.2.